The van der Waals surface area contributed by atoms with Gasteiger partial charge < -0.3 is 14.8 Å². The van der Waals surface area contributed by atoms with Crippen molar-refractivity contribution >= 4 is 35.1 Å². The van der Waals surface area contributed by atoms with Gasteiger partial charge in [-0.15, -0.1) is 0 Å². The summed E-state index contributed by atoms with van der Waals surface area (Å²) in [5, 5.41) is 3.26. The van der Waals surface area contributed by atoms with Crippen molar-refractivity contribution in [1.82, 2.24) is 0 Å². The Morgan fingerprint density at radius 3 is 2.37 bits per heavy atom. The minimum atomic E-state index is -0.259. The van der Waals surface area contributed by atoms with E-state index in [1.807, 2.05) is 67.6 Å². The highest BCUT2D eigenvalue weighted by Crippen LogP contribution is 2.29. The van der Waals surface area contributed by atoms with E-state index in [9.17, 15) is 4.79 Å². The highest BCUT2D eigenvalue weighted by atomic mass is 35.5. The summed E-state index contributed by atoms with van der Waals surface area (Å²) in [5.74, 6) is 1.10. The molecule has 35 heavy (non-hydrogen) atoms. The lowest BCUT2D eigenvalue weighted by molar-refractivity contribution is 0.102. The van der Waals surface area contributed by atoms with E-state index in [0.29, 0.717) is 41.0 Å². The van der Waals surface area contributed by atoms with Crippen molar-refractivity contribution in [3.63, 3.8) is 0 Å². The maximum Gasteiger partial charge on any atom is 0.257 e. The molecule has 0 bridgehead atoms. The van der Waals surface area contributed by atoms with Crippen LogP contribution in [0.5, 0.6) is 11.5 Å². The smallest absolute Gasteiger partial charge is 0.257 e. The third kappa shape index (κ3) is 6.71. The van der Waals surface area contributed by atoms with Crippen LogP contribution in [0.3, 0.4) is 0 Å². The monoisotopic (exact) mass is 484 g/mol. The number of amides is 1. The van der Waals surface area contributed by atoms with E-state index in [-0.39, 0.29) is 5.91 Å². The molecule has 0 fully saturated rings. The summed E-state index contributed by atoms with van der Waals surface area (Å²) in [7, 11) is 0. The van der Waals surface area contributed by atoms with Gasteiger partial charge in [-0.3, -0.25) is 9.79 Å². The van der Waals surface area contributed by atoms with Gasteiger partial charge in [-0.1, -0.05) is 54.1 Å². The Balaban J connectivity index is 1.40. The Morgan fingerprint density at radius 1 is 0.886 bits per heavy atom. The third-order valence-corrected chi connectivity index (χ3v) is 5.44. The fraction of sp³-hybridized carbons (Fsp3) is 0.103. The van der Waals surface area contributed by atoms with Gasteiger partial charge in [0.05, 0.1) is 22.9 Å². The number of aliphatic imine (C=N–C) groups is 1. The van der Waals surface area contributed by atoms with Crippen molar-refractivity contribution < 1.29 is 14.3 Å². The maximum atomic E-state index is 12.4. The minimum absolute atomic E-state index is 0.259. The molecule has 0 unspecified atom stereocenters. The summed E-state index contributed by atoms with van der Waals surface area (Å²) in [5.41, 5.74) is 3.82. The summed E-state index contributed by atoms with van der Waals surface area (Å²) in [6.45, 7) is 2.94. The van der Waals surface area contributed by atoms with E-state index in [1.54, 1.807) is 42.6 Å². The number of halogens is 1. The van der Waals surface area contributed by atoms with E-state index in [4.69, 9.17) is 21.1 Å². The molecule has 0 saturated heterocycles. The molecular formula is C29H25ClN2O3. The second-order valence-electron chi connectivity index (χ2n) is 7.65. The van der Waals surface area contributed by atoms with Crippen molar-refractivity contribution in [2.24, 2.45) is 4.99 Å². The molecule has 0 aromatic heterocycles. The van der Waals surface area contributed by atoms with E-state index >= 15 is 0 Å². The van der Waals surface area contributed by atoms with Crippen LogP contribution in [0.4, 0.5) is 11.4 Å². The number of ether oxygens (including phenoxy) is 2. The first-order valence-electron chi connectivity index (χ1n) is 11.3. The molecule has 0 spiro atoms. The molecule has 0 aliphatic heterocycles. The van der Waals surface area contributed by atoms with Crippen molar-refractivity contribution in [1.29, 1.82) is 0 Å². The number of benzene rings is 4. The van der Waals surface area contributed by atoms with Crippen LogP contribution in [-0.2, 0) is 6.61 Å². The molecule has 176 valence electrons. The zero-order valence-corrected chi connectivity index (χ0v) is 20.0. The van der Waals surface area contributed by atoms with Crippen LogP contribution >= 0.6 is 11.6 Å². The summed E-state index contributed by atoms with van der Waals surface area (Å²) in [6, 6.07) is 29.9. The molecule has 0 atom stereocenters. The fourth-order valence-corrected chi connectivity index (χ4v) is 3.57. The van der Waals surface area contributed by atoms with Crippen LogP contribution in [0.25, 0.3) is 0 Å². The van der Waals surface area contributed by atoms with E-state index in [0.717, 1.165) is 16.8 Å². The highest BCUT2D eigenvalue weighted by Gasteiger charge is 2.10. The average Bonchev–Trinajstić information content (AvgIpc) is 2.89. The second-order valence-corrected chi connectivity index (χ2v) is 8.06. The van der Waals surface area contributed by atoms with E-state index in [2.05, 4.69) is 10.3 Å². The van der Waals surface area contributed by atoms with Gasteiger partial charge in [-0.2, -0.15) is 0 Å². The lowest BCUT2D eigenvalue weighted by Crippen LogP contribution is -2.12. The van der Waals surface area contributed by atoms with Gasteiger partial charge in [-0.25, -0.2) is 0 Å². The van der Waals surface area contributed by atoms with Crippen molar-refractivity contribution in [3.8, 4) is 11.5 Å². The molecule has 4 rings (SSSR count). The third-order valence-electron chi connectivity index (χ3n) is 5.11. The number of nitrogens with zero attached hydrogens (tertiary/aromatic N) is 1. The van der Waals surface area contributed by atoms with Crippen molar-refractivity contribution in [2.45, 2.75) is 13.5 Å². The van der Waals surface area contributed by atoms with E-state index in [1.165, 1.54) is 0 Å². The first kappa shape index (κ1) is 24.0. The molecule has 0 aliphatic carbocycles. The average molecular weight is 485 g/mol. The number of nitrogens with one attached hydrogen (secondary N) is 1. The molecule has 4 aromatic carbocycles. The van der Waals surface area contributed by atoms with Gasteiger partial charge in [0.25, 0.3) is 5.91 Å². The number of rotatable bonds is 9. The number of hydrogen-bond acceptors (Lipinski definition) is 4. The summed E-state index contributed by atoms with van der Waals surface area (Å²) in [4.78, 5) is 17.0. The Kier molecular flexibility index (Phi) is 8.15. The minimum Gasteiger partial charge on any atom is -0.490 e. The van der Waals surface area contributed by atoms with Gasteiger partial charge in [0, 0.05) is 11.9 Å². The molecule has 6 heteroatoms. The number of carbonyl (C=O) groups is 1. The largest absolute Gasteiger partial charge is 0.490 e. The van der Waals surface area contributed by atoms with Gasteiger partial charge >= 0.3 is 0 Å². The van der Waals surface area contributed by atoms with Crippen LogP contribution in [-0.4, -0.2) is 18.7 Å². The topological polar surface area (TPSA) is 59.9 Å². The number of anilines is 1. The second kappa shape index (κ2) is 11.9. The molecule has 0 radical (unpaired) electrons. The lowest BCUT2D eigenvalue weighted by Gasteiger charge is -2.12. The number of hydrogen-bond donors (Lipinski definition) is 1. The SMILES string of the molecule is CCOc1cc(C=Nc2ccc(NC(=O)c3ccccc3Cl)cc2)ccc1OCc1ccccc1. The molecule has 0 heterocycles. The zero-order valence-electron chi connectivity index (χ0n) is 19.3. The van der Waals surface area contributed by atoms with Gasteiger partial charge in [0.2, 0.25) is 0 Å². The Bertz CT molecular complexity index is 1310. The van der Waals surface area contributed by atoms with Gasteiger partial charge in [0.1, 0.15) is 6.61 Å². The zero-order chi connectivity index (χ0) is 24.5. The van der Waals surface area contributed by atoms with Crippen molar-refractivity contribution in [2.75, 3.05) is 11.9 Å². The molecule has 0 saturated carbocycles. The summed E-state index contributed by atoms with van der Waals surface area (Å²) >= 11 is 6.10. The quantitative estimate of drug-likeness (QED) is 0.253. The highest BCUT2D eigenvalue weighted by molar-refractivity contribution is 6.34. The van der Waals surface area contributed by atoms with Crippen LogP contribution in [0, 0.1) is 0 Å². The van der Waals surface area contributed by atoms with Crippen LogP contribution in [0.15, 0.2) is 102 Å². The summed E-state index contributed by atoms with van der Waals surface area (Å²) in [6.07, 6.45) is 1.76. The lowest BCUT2D eigenvalue weighted by atomic mass is 10.2. The molecule has 4 aromatic rings. The molecule has 5 nitrogen and oxygen atoms in total. The standard InChI is InChI=1S/C29H25ClN2O3/c1-2-34-28-18-22(12-17-27(28)35-20-21-8-4-3-5-9-21)19-31-23-13-15-24(16-14-23)32-29(33)25-10-6-7-11-26(25)30/h3-19H,2,20H2,1H3,(H,32,33). The molecule has 1 amide bonds. The first-order valence-corrected chi connectivity index (χ1v) is 11.6. The van der Waals surface area contributed by atoms with Crippen LogP contribution < -0.4 is 14.8 Å². The first-order chi connectivity index (χ1) is 17.1. The normalized spacial score (nSPS) is 10.8. The van der Waals surface area contributed by atoms with Gasteiger partial charge in [-0.05, 0) is 72.6 Å². The van der Waals surface area contributed by atoms with Crippen LogP contribution in [0.1, 0.15) is 28.4 Å². The van der Waals surface area contributed by atoms with Gasteiger partial charge in [0.15, 0.2) is 11.5 Å². The van der Waals surface area contributed by atoms with Crippen LogP contribution in [0.2, 0.25) is 5.02 Å². The maximum absolute atomic E-state index is 12.4. The predicted molar refractivity (Wildman–Crippen MR) is 141 cm³/mol. The molecular weight excluding hydrogens is 460 g/mol. The van der Waals surface area contributed by atoms with E-state index < -0.39 is 0 Å². The Morgan fingerprint density at radius 2 is 1.63 bits per heavy atom. The molecule has 0 aliphatic rings. The predicted octanol–water partition coefficient (Wildman–Crippen LogP) is 7.32. The number of carbonyl (C=O) groups excluding carboxylic acids is 1. The molecule has 1 N–H and O–H groups in total. The fourth-order valence-electron chi connectivity index (χ4n) is 3.35. The van der Waals surface area contributed by atoms with Crippen molar-refractivity contribution in [3.05, 3.63) is 119 Å². The Hall–Kier alpha value is -4.09. The summed E-state index contributed by atoms with van der Waals surface area (Å²) < 4.78 is 11.7. The Labute approximate surface area is 210 Å².